The highest BCUT2D eigenvalue weighted by Gasteiger charge is 2.31. The van der Waals surface area contributed by atoms with Gasteiger partial charge in [0.1, 0.15) is 6.04 Å². The Hall–Kier alpha value is -1.39. The van der Waals surface area contributed by atoms with Gasteiger partial charge in [-0.05, 0) is 12.5 Å². The first kappa shape index (κ1) is 13.1. The van der Waals surface area contributed by atoms with Crippen molar-refractivity contribution in [2.24, 2.45) is 5.73 Å². The molecule has 1 amide bonds. The second-order valence-corrected chi connectivity index (χ2v) is 4.97. The molecule has 1 atom stereocenters. The van der Waals surface area contributed by atoms with Gasteiger partial charge >= 0.3 is 0 Å². The van der Waals surface area contributed by atoms with Crippen molar-refractivity contribution in [3.8, 4) is 0 Å². The van der Waals surface area contributed by atoms with Crippen LogP contribution in [0.1, 0.15) is 11.1 Å². The number of hydrogen-bond donors (Lipinski definition) is 1. The number of amides is 1. The third-order valence-corrected chi connectivity index (χ3v) is 3.55. The standard InChI is InChI=1S/C14H21N3O/c1-11-3-5-12(6-4-11)10-17-8-7-16(2)14(18)13(17)9-15/h3-6,13H,7-10,15H2,1-2H3. The SMILES string of the molecule is Cc1ccc(CN2CCN(C)C(=O)C2CN)cc1. The number of rotatable bonds is 3. The molecule has 2 N–H and O–H groups in total. The average Bonchev–Trinajstić information content (AvgIpc) is 2.37. The summed E-state index contributed by atoms with van der Waals surface area (Å²) in [4.78, 5) is 16.0. The Morgan fingerprint density at radius 2 is 1.94 bits per heavy atom. The summed E-state index contributed by atoms with van der Waals surface area (Å²) in [6.07, 6.45) is 0. The van der Waals surface area contributed by atoms with Gasteiger partial charge in [0.05, 0.1) is 0 Å². The Kier molecular flexibility index (Phi) is 3.99. The molecule has 0 spiro atoms. The fraction of sp³-hybridized carbons (Fsp3) is 0.500. The largest absolute Gasteiger partial charge is 0.343 e. The highest BCUT2D eigenvalue weighted by Crippen LogP contribution is 2.14. The summed E-state index contributed by atoms with van der Waals surface area (Å²) in [6, 6.07) is 8.26. The fourth-order valence-electron chi connectivity index (χ4n) is 2.32. The molecule has 0 aromatic heterocycles. The molecular formula is C14H21N3O. The Balaban J connectivity index is 2.08. The van der Waals surface area contributed by atoms with Gasteiger partial charge < -0.3 is 10.6 Å². The van der Waals surface area contributed by atoms with Crippen molar-refractivity contribution in [3.05, 3.63) is 35.4 Å². The minimum atomic E-state index is -0.176. The van der Waals surface area contributed by atoms with Gasteiger partial charge in [-0.3, -0.25) is 9.69 Å². The van der Waals surface area contributed by atoms with Crippen LogP contribution in [-0.2, 0) is 11.3 Å². The summed E-state index contributed by atoms with van der Waals surface area (Å²) >= 11 is 0. The van der Waals surface area contributed by atoms with E-state index in [-0.39, 0.29) is 11.9 Å². The molecule has 2 rings (SSSR count). The summed E-state index contributed by atoms with van der Waals surface area (Å²) < 4.78 is 0. The summed E-state index contributed by atoms with van der Waals surface area (Å²) in [6.45, 7) is 4.92. The molecule has 18 heavy (non-hydrogen) atoms. The van der Waals surface area contributed by atoms with E-state index in [4.69, 9.17) is 5.73 Å². The van der Waals surface area contributed by atoms with E-state index in [1.807, 2.05) is 7.05 Å². The first-order valence-electron chi connectivity index (χ1n) is 6.36. The van der Waals surface area contributed by atoms with Crippen LogP contribution in [0.5, 0.6) is 0 Å². The normalized spacial score (nSPS) is 21.4. The van der Waals surface area contributed by atoms with Crippen LogP contribution in [0.2, 0.25) is 0 Å². The summed E-state index contributed by atoms with van der Waals surface area (Å²) in [7, 11) is 1.84. The van der Waals surface area contributed by atoms with Crippen molar-refractivity contribution in [1.82, 2.24) is 9.80 Å². The molecule has 1 aromatic carbocycles. The maximum atomic E-state index is 12.0. The Morgan fingerprint density at radius 1 is 1.28 bits per heavy atom. The molecule has 0 saturated carbocycles. The van der Waals surface area contributed by atoms with Crippen LogP contribution in [0, 0.1) is 6.92 Å². The molecule has 1 fully saturated rings. The van der Waals surface area contributed by atoms with E-state index in [1.165, 1.54) is 11.1 Å². The zero-order chi connectivity index (χ0) is 13.1. The maximum absolute atomic E-state index is 12.0. The highest BCUT2D eigenvalue weighted by atomic mass is 16.2. The van der Waals surface area contributed by atoms with Crippen LogP contribution >= 0.6 is 0 Å². The number of hydrogen-bond acceptors (Lipinski definition) is 3. The van der Waals surface area contributed by atoms with Crippen molar-refractivity contribution in [3.63, 3.8) is 0 Å². The minimum Gasteiger partial charge on any atom is -0.343 e. The van der Waals surface area contributed by atoms with Crippen LogP contribution in [0.4, 0.5) is 0 Å². The molecule has 1 saturated heterocycles. The monoisotopic (exact) mass is 247 g/mol. The number of nitrogens with two attached hydrogens (primary N) is 1. The number of carbonyl (C=O) groups excluding carboxylic acids is 1. The quantitative estimate of drug-likeness (QED) is 0.851. The average molecular weight is 247 g/mol. The molecule has 1 aromatic rings. The molecule has 1 unspecified atom stereocenters. The second kappa shape index (κ2) is 5.50. The zero-order valence-corrected chi connectivity index (χ0v) is 11.1. The summed E-state index contributed by atoms with van der Waals surface area (Å²) in [5.41, 5.74) is 8.22. The van der Waals surface area contributed by atoms with Crippen LogP contribution in [-0.4, -0.2) is 48.4 Å². The molecule has 0 bridgehead atoms. The van der Waals surface area contributed by atoms with Gasteiger partial charge in [0.2, 0.25) is 5.91 Å². The number of benzene rings is 1. The van der Waals surface area contributed by atoms with Gasteiger partial charge in [0, 0.05) is 33.2 Å². The predicted octanol–water partition coefficient (Wildman–Crippen LogP) is 0.596. The Bertz CT molecular complexity index is 416. The third-order valence-electron chi connectivity index (χ3n) is 3.55. The van der Waals surface area contributed by atoms with E-state index in [1.54, 1.807) is 4.90 Å². The summed E-state index contributed by atoms with van der Waals surface area (Å²) in [5, 5.41) is 0. The lowest BCUT2D eigenvalue weighted by Crippen LogP contribution is -2.57. The number of likely N-dealkylation sites (N-methyl/N-ethyl adjacent to an activating group) is 1. The lowest BCUT2D eigenvalue weighted by Gasteiger charge is -2.38. The van der Waals surface area contributed by atoms with Crippen LogP contribution in [0.25, 0.3) is 0 Å². The maximum Gasteiger partial charge on any atom is 0.241 e. The van der Waals surface area contributed by atoms with E-state index < -0.39 is 0 Å². The first-order chi connectivity index (χ1) is 8.61. The van der Waals surface area contributed by atoms with Gasteiger partial charge in [0.25, 0.3) is 0 Å². The molecule has 4 heteroatoms. The van der Waals surface area contributed by atoms with E-state index in [9.17, 15) is 4.79 Å². The topological polar surface area (TPSA) is 49.6 Å². The molecule has 4 nitrogen and oxygen atoms in total. The van der Waals surface area contributed by atoms with Crippen LogP contribution in [0.15, 0.2) is 24.3 Å². The van der Waals surface area contributed by atoms with E-state index in [0.29, 0.717) is 6.54 Å². The minimum absolute atomic E-state index is 0.135. The van der Waals surface area contributed by atoms with Crippen molar-refractivity contribution in [2.45, 2.75) is 19.5 Å². The lowest BCUT2D eigenvalue weighted by molar-refractivity contribution is -0.140. The number of piperazine rings is 1. The van der Waals surface area contributed by atoms with Crippen molar-refractivity contribution < 1.29 is 4.79 Å². The van der Waals surface area contributed by atoms with Crippen molar-refractivity contribution in [1.29, 1.82) is 0 Å². The Morgan fingerprint density at radius 3 is 2.56 bits per heavy atom. The molecule has 1 heterocycles. The van der Waals surface area contributed by atoms with E-state index in [0.717, 1.165) is 19.6 Å². The second-order valence-electron chi connectivity index (χ2n) is 4.97. The lowest BCUT2D eigenvalue weighted by atomic mass is 10.1. The fourth-order valence-corrected chi connectivity index (χ4v) is 2.32. The molecule has 0 aliphatic carbocycles. The van der Waals surface area contributed by atoms with E-state index >= 15 is 0 Å². The van der Waals surface area contributed by atoms with Gasteiger partial charge in [0.15, 0.2) is 0 Å². The molecule has 0 radical (unpaired) electrons. The molecule has 1 aliphatic heterocycles. The predicted molar refractivity (Wildman–Crippen MR) is 72.1 cm³/mol. The van der Waals surface area contributed by atoms with Crippen LogP contribution < -0.4 is 5.73 Å². The molecular weight excluding hydrogens is 226 g/mol. The van der Waals surface area contributed by atoms with Gasteiger partial charge in [-0.25, -0.2) is 0 Å². The smallest absolute Gasteiger partial charge is 0.241 e. The number of aryl methyl sites for hydroxylation is 1. The van der Waals surface area contributed by atoms with Gasteiger partial charge in [-0.2, -0.15) is 0 Å². The molecule has 1 aliphatic rings. The molecule has 98 valence electrons. The van der Waals surface area contributed by atoms with Gasteiger partial charge in [-0.1, -0.05) is 29.8 Å². The van der Waals surface area contributed by atoms with Crippen LogP contribution in [0.3, 0.4) is 0 Å². The number of nitrogens with zero attached hydrogens (tertiary/aromatic N) is 2. The van der Waals surface area contributed by atoms with Gasteiger partial charge in [-0.15, -0.1) is 0 Å². The zero-order valence-electron chi connectivity index (χ0n) is 11.1. The number of carbonyl (C=O) groups is 1. The van der Waals surface area contributed by atoms with Crippen molar-refractivity contribution in [2.75, 3.05) is 26.7 Å². The highest BCUT2D eigenvalue weighted by molar-refractivity contribution is 5.82. The summed E-state index contributed by atoms with van der Waals surface area (Å²) in [5.74, 6) is 0.135. The Labute approximate surface area is 108 Å². The van der Waals surface area contributed by atoms with Crippen molar-refractivity contribution >= 4 is 5.91 Å². The van der Waals surface area contributed by atoms with E-state index in [2.05, 4.69) is 36.1 Å². The first-order valence-corrected chi connectivity index (χ1v) is 6.36. The third kappa shape index (κ3) is 2.71.